The average Bonchev–Trinajstić information content (AvgIpc) is 3.37. The van der Waals surface area contributed by atoms with E-state index in [0.717, 1.165) is 23.1 Å². The quantitative estimate of drug-likeness (QED) is 0.409. The SMILES string of the molecule is COc1ccc2c(c1)[C@]1(C[C@H]1c1ccc3c(Nc4ncncc4C(F)(F)F)n[nH]c3c1)C(=O)N2. The Morgan fingerprint density at radius 2 is 2.03 bits per heavy atom. The summed E-state index contributed by atoms with van der Waals surface area (Å²) in [5.41, 5.74) is 1.64. The van der Waals surface area contributed by atoms with Gasteiger partial charge in [-0.3, -0.25) is 9.89 Å². The van der Waals surface area contributed by atoms with Crippen molar-refractivity contribution in [2.75, 3.05) is 17.7 Å². The van der Waals surface area contributed by atoms with Gasteiger partial charge in [0.25, 0.3) is 0 Å². The van der Waals surface area contributed by atoms with E-state index in [-0.39, 0.29) is 23.5 Å². The minimum absolute atomic E-state index is 0.0383. The van der Waals surface area contributed by atoms with Gasteiger partial charge in [-0.2, -0.15) is 18.3 Å². The number of aromatic amines is 1. The van der Waals surface area contributed by atoms with Crippen LogP contribution < -0.4 is 15.4 Å². The van der Waals surface area contributed by atoms with Gasteiger partial charge < -0.3 is 15.4 Å². The van der Waals surface area contributed by atoms with Crippen molar-refractivity contribution >= 4 is 34.1 Å². The molecule has 3 heterocycles. The molecule has 2 aliphatic rings. The molecule has 1 amide bonds. The highest BCUT2D eigenvalue weighted by atomic mass is 19.4. The normalized spacial score (nSPS) is 20.9. The number of ether oxygens (including phenoxy) is 1. The van der Waals surface area contributed by atoms with Crippen molar-refractivity contribution in [3.8, 4) is 5.75 Å². The van der Waals surface area contributed by atoms with Gasteiger partial charge in [0.2, 0.25) is 5.91 Å². The molecule has 6 rings (SSSR count). The third kappa shape index (κ3) is 2.93. The lowest BCUT2D eigenvalue weighted by atomic mass is 9.91. The smallest absolute Gasteiger partial charge is 0.421 e. The Morgan fingerprint density at radius 1 is 1.18 bits per heavy atom. The molecule has 2 aromatic heterocycles. The molecule has 2 aromatic carbocycles. The Hall–Kier alpha value is -4.15. The number of halogens is 3. The summed E-state index contributed by atoms with van der Waals surface area (Å²) in [6, 6.07) is 11.1. The Labute approximate surface area is 190 Å². The molecule has 8 nitrogen and oxygen atoms in total. The number of aromatic nitrogens is 4. The topological polar surface area (TPSA) is 105 Å². The Bertz CT molecular complexity index is 1470. The number of H-pyrrole nitrogens is 1. The summed E-state index contributed by atoms with van der Waals surface area (Å²) in [5.74, 6) is 0.433. The summed E-state index contributed by atoms with van der Waals surface area (Å²) in [5, 5.41) is 13.2. The van der Waals surface area contributed by atoms with Crippen molar-refractivity contribution in [1.82, 2.24) is 20.2 Å². The van der Waals surface area contributed by atoms with Gasteiger partial charge in [0.1, 0.15) is 23.5 Å². The molecule has 11 heteroatoms. The lowest BCUT2D eigenvalue weighted by Gasteiger charge is -2.11. The van der Waals surface area contributed by atoms with E-state index in [9.17, 15) is 18.0 Å². The summed E-state index contributed by atoms with van der Waals surface area (Å²) < 4.78 is 45.2. The molecule has 1 aliphatic heterocycles. The van der Waals surface area contributed by atoms with E-state index in [4.69, 9.17) is 4.74 Å². The zero-order valence-corrected chi connectivity index (χ0v) is 17.7. The van der Waals surface area contributed by atoms with Gasteiger partial charge in [0, 0.05) is 23.2 Å². The van der Waals surface area contributed by atoms with Crippen LogP contribution in [0.1, 0.15) is 29.0 Å². The number of amides is 1. The fourth-order valence-corrected chi connectivity index (χ4v) is 4.80. The summed E-state index contributed by atoms with van der Waals surface area (Å²) in [4.78, 5) is 20.1. The number of nitrogens with zero attached hydrogens (tertiary/aromatic N) is 3. The Balaban J connectivity index is 1.32. The number of methoxy groups -OCH3 is 1. The zero-order chi connectivity index (χ0) is 23.7. The molecular weight excluding hydrogens is 449 g/mol. The standard InChI is InChI=1S/C23H17F3N6O2/c1-34-12-3-5-17-14(7-12)22(21(33)29-17)8-15(22)11-2-4-13-18(6-11)31-32-19(13)30-20-16(23(24,25)26)9-27-10-28-20/h2-7,9-10,15H,8H2,1H3,(H,29,33)(H2,27,28,30,31,32)/t15-,22-/m0/s1. The molecule has 1 spiro atoms. The molecule has 2 atom stereocenters. The van der Waals surface area contributed by atoms with Crippen LogP contribution >= 0.6 is 0 Å². The lowest BCUT2D eigenvalue weighted by molar-refractivity contribution is -0.137. The van der Waals surface area contributed by atoms with E-state index in [0.29, 0.717) is 29.3 Å². The van der Waals surface area contributed by atoms with Crippen LogP contribution in [0, 0.1) is 0 Å². The Kier molecular flexibility index (Phi) is 4.17. The molecular formula is C23H17F3N6O2. The highest BCUT2D eigenvalue weighted by Gasteiger charge is 2.65. The summed E-state index contributed by atoms with van der Waals surface area (Å²) in [6.07, 6.45) is -2.20. The molecule has 0 bridgehead atoms. The first-order valence-corrected chi connectivity index (χ1v) is 10.4. The molecule has 1 aliphatic carbocycles. The van der Waals surface area contributed by atoms with Crippen molar-refractivity contribution < 1.29 is 22.7 Å². The van der Waals surface area contributed by atoms with Crippen LogP contribution in [0.3, 0.4) is 0 Å². The van der Waals surface area contributed by atoms with Gasteiger partial charge in [-0.1, -0.05) is 6.07 Å². The molecule has 1 saturated carbocycles. The van der Waals surface area contributed by atoms with Gasteiger partial charge >= 0.3 is 6.18 Å². The minimum Gasteiger partial charge on any atom is -0.497 e. The van der Waals surface area contributed by atoms with Gasteiger partial charge in [0.15, 0.2) is 5.82 Å². The second kappa shape index (κ2) is 6.92. The van der Waals surface area contributed by atoms with Crippen molar-refractivity contribution in [2.24, 2.45) is 0 Å². The maximum atomic E-state index is 13.3. The highest BCUT2D eigenvalue weighted by Crippen LogP contribution is 2.65. The maximum absolute atomic E-state index is 13.3. The van der Waals surface area contributed by atoms with Crippen LogP contribution in [0.4, 0.5) is 30.5 Å². The largest absolute Gasteiger partial charge is 0.497 e. The van der Waals surface area contributed by atoms with Crippen LogP contribution in [0.5, 0.6) is 5.75 Å². The van der Waals surface area contributed by atoms with E-state index < -0.39 is 17.2 Å². The molecule has 0 saturated heterocycles. The number of carbonyl (C=O) groups is 1. The molecule has 4 aromatic rings. The molecule has 0 unspecified atom stereocenters. The fourth-order valence-electron chi connectivity index (χ4n) is 4.80. The third-order valence-corrected chi connectivity index (χ3v) is 6.57. The predicted octanol–water partition coefficient (Wildman–Crippen LogP) is 4.50. The molecule has 172 valence electrons. The Morgan fingerprint density at radius 3 is 2.82 bits per heavy atom. The number of hydrogen-bond acceptors (Lipinski definition) is 6. The minimum atomic E-state index is -4.61. The number of anilines is 3. The first-order valence-electron chi connectivity index (χ1n) is 10.4. The third-order valence-electron chi connectivity index (χ3n) is 6.57. The predicted molar refractivity (Wildman–Crippen MR) is 117 cm³/mol. The van der Waals surface area contributed by atoms with Gasteiger partial charge in [0.05, 0.1) is 18.0 Å². The number of nitrogens with one attached hydrogen (secondary N) is 3. The average molecular weight is 466 g/mol. The van der Waals surface area contributed by atoms with Crippen molar-refractivity contribution in [2.45, 2.75) is 23.9 Å². The first-order chi connectivity index (χ1) is 16.3. The van der Waals surface area contributed by atoms with Crippen molar-refractivity contribution in [1.29, 1.82) is 0 Å². The van der Waals surface area contributed by atoms with E-state index in [2.05, 4.69) is 30.8 Å². The summed E-state index contributed by atoms with van der Waals surface area (Å²) in [6.45, 7) is 0. The number of benzene rings is 2. The number of alkyl halides is 3. The fraction of sp³-hybridized carbons (Fsp3) is 0.217. The zero-order valence-electron chi connectivity index (χ0n) is 17.7. The second-order valence-corrected chi connectivity index (χ2v) is 8.38. The van der Waals surface area contributed by atoms with Gasteiger partial charge in [-0.25, -0.2) is 9.97 Å². The van der Waals surface area contributed by atoms with E-state index in [1.54, 1.807) is 13.2 Å². The number of fused-ring (bicyclic) bond motifs is 3. The van der Waals surface area contributed by atoms with E-state index in [1.165, 1.54) is 0 Å². The van der Waals surface area contributed by atoms with Crippen LogP contribution in [0.2, 0.25) is 0 Å². The van der Waals surface area contributed by atoms with Gasteiger partial charge in [-0.15, -0.1) is 0 Å². The number of hydrogen-bond donors (Lipinski definition) is 3. The molecule has 0 radical (unpaired) electrons. The van der Waals surface area contributed by atoms with E-state index >= 15 is 0 Å². The molecule has 34 heavy (non-hydrogen) atoms. The van der Waals surface area contributed by atoms with Crippen molar-refractivity contribution in [3.05, 3.63) is 65.6 Å². The molecule has 1 fully saturated rings. The van der Waals surface area contributed by atoms with Crippen molar-refractivity contribution in [3.63, 3.8) is 0 Å². The number of carbonyl (C=O) groups excluding carboxylic acids is 1. The van der Waals surface area contributed by atoms with E-state index in [1.807, 2.05) is 30.3 Å². The number of rotatable bonds is 4. The molecule has 3 N–H and O–H groups in total. The summed E-state index contributed by atoms with van der Waals surface area (Å²) >= 11 is 0. The monoisotopic (exact) mass is 466 g/mol. The second-order valence-electron chi connectivity index (χ2n) is 8.38. The maximum Gasteiger partial charge on any atom is 0.421 e. The highest BCUT2D eigenvalue weighted by molar-refractivity contribution is 6.10. The van der Waals surface area contributed by atoms with Gasteiger partial charge in [-0.05, 0) is 47.9 Å². The summed E-state index contributed by atoms with van der Waals surface area (Å²) in [7, 11) is 1.58. The first kappa shape index (κ1) is 20.5. The lowest BCUT2D eigenvalue weighted by Crippen LogP contribution is -2.21. The van der Waals surface area contributed by atoms with Crippen LogP contribution in [0.15, 0.2) is 48.9 Å². The van der Waals surface area contributed by atoms with Crippen LogP contribution in [-0.2, 0) is 16.4 Å². The van der Waals surface area contributed by atoms with Crippen LogP contribution in [0.25, 0.3) is 10.9 Å². The van der Waals surface area contributed by atoms with Crippen LogP contribution in [-0.4, -0.2) is 33.2 Å².